The second-order valence-electron chi connectivity index (χ2n) is 9.50. The smallest absolute Gasteiger partial charge is 0.404 e. The number of carbonyl (C=O) groups is 1. The minimum Gasteiger partial charge on any atom is -0.465 e. The molecular formula is C21H28FN5O4. The van der Waals surface area contributed by atoms with Crippen LogP contribution in [0.3, 0.4) is 0 Å². The minimum absolute atomic E-state index is 0.0510. The van der Waals surface area contributed by atoms with Gasteiger partial charge in [0.2, 0.25) is 0 Å². The molecule has 1 amide bonds. The number of aryl methyl sites for hydroxylation is 1. The van der Waals surface area contributed by atoms with Crippen molar-refractivity contribution in [2.75, 3.05) is 23.8 Å². The van der Waals surface area contributed by atoms with Crippen LogP contribution in [0.1, 0.15) is 45.2 Å². The highest BCUT2D eigenvalue weighted by Gasteiger charge is 2.44. The zero-order valence-corrected chi connectivity index (χ0v) is 18.1. The summed E-state index contributed by atoms with van der Waals surface area (Å²) >= 11 is 0. The molecule has 9 nitrogen and oxygen atoms in total. The van der Waals surface area contributed by atoms with Gasteiger partial charge in [-0.1, -0.05) is 13.8 Å². The highest BCUT2D eigenvalue weighted by Crippen LogP contribution is 2.43. The van der Waals surface area contributed by atoms with Gasteiger partial charge >= 0.3 is 11.8 Å². The summed E-state index contributed by atoms with van der Waals surface area (Å²) in [6.07, 6.45) is 0.508. The lowest BCUT2D eigenvalue weighted by atomic mass is 9.78. The normalized spacial score (nSPS) is 21.5. The fourth-order valence-electron chi connectivity index (χ4n) is 5.18. The molecule has 0 bridgehead atoms. The topological polar surface area (TPSA) is 123 Å². The van der Waals surface area contributed by atoms with E-state index in [2.05, 4.69) is 5.32 Å². The Bertz CT molecular complexity index is 1200. The van der Waals surface area contributed by atoms with Crippen molar-refractivity contribution < 1.29 is 14.3 Å². The van der Waals surface area contributed by atoms with Crippen molar-refractivity contribution in [2.24, 2.45) is 11.3 Å². The van der Waals surface area contributed by atoms with Gasteiger partial charge in [-0.25, -0.2) is 14.0 Å². The number of hydrogen-bond acceptors (Lipinski definition) is 5. The van der Waals surface area contributed by atoms with Gasteiger partial charge < -0.3 is 21.2 Å². The van der Waals surface area contributed by atoms with Crippen LogP contribution in [-0.4, -0.2) is 39.6 Å². The van der Waals surface area contributed by atoms with E-state index in [0.717, 1.165) is 12.8 Å². The van der Waals surface area contributed by atoms with E-state index in [9.17, 15) is 14.4 Å². The summed E-state index contributed by atoms with van der Waals surface area (Å²) in [5, 5.41) is 11.7. The summed E-state index contributed by atoms with van der Waals surface area (Å²) in [7, 11) is 0. The van der Waals surface area contributed by atoms with E-state index in [4.69, 9.17) is 10.9 Å². The fourth-order valence-corrected chi connectivity index (χ4v) is 5.18. The standard InChI is InChI=1S/C21H28FN5O4/c1-10-16-13(18(28)27(23)20(31)26(16)12-5-6-12)7-15(22)17(10)25-8-14(21(3,4)9-25)11(2)24-19(29)30/h7,11-12,14,24H,5-6,8-9,23H2,1-4H3,(H,29,30). The SMILES string of the molecule is Cc1c(N2CC(C(C)NC(=O)O)C(C)(C)C2)c(F)cc2c(=O)n(N)c(=O)n(C3CC3)c12. The van der Waals surface area contributed by atoms with Crippen LogP contribution in [0.5, 0.6) is 0 Å². The van der Waals surface area contributed by atoms with Crippen molar-refractivity contribution in [2.45, 2.75) is 52.6 Å². The molecule has 2 fully saturated rings. The molecule has 4 N–H and O–H groups in total. The van der Waals surface area contributed by atoms with Crippen LogP contribution in [0.25, 0.3) is 10.9 Å². The van der Waals surface area contributed by atoms with E-state index in [-0.39, 0.29) is 28.8 Å². The van der Waals surface area contributed by atoms with Crippen LogP contribution >= 0.6 is 0 Å². The number of aromatic nitrogens is 2. The molecule has 2 aliphatic rings. The Labute approximate surface area is 178 Å². The third kappa shape index (κ3) is 3.34. The molecule has 10 heteroatoms. The fraction of sp³-hybridized carbons (Fsp3) is 0.571. The predicted molar refractivity (Wildman–Crippen MR) is 116 cm³/mol. The average molecular weight is 433 g/mol. The molecule has 1 aromatic carbocycles. The van der Waals surface area contributed by atoms with E-state index in [1.54, 1.807) is 6.92 Å². The van der Waals surface area contributed by atoms with Crippen LogP contribution in [0, 0.1) is 24.1 Å². The lowest BCUT2D eigenvalue weighted by Crippen LogP contribution is -2.44. The monoisotopic (exact) mass is 433 g/mol. The van der Waals surface area contributed by atoms with Gasteiger partial charge in [-0.3, -0.25) is 9.36 Å². The molecule has 31 heavy (non-hydrogen) atoms. The Morgan fingerprint density at radius 3 is 2.58 bits per heavy atom. The first-order valence-electron chi connectivity index (χ1n) is 10.4. The average Bonchev–Trinajstić information content (AvgIpc) is 3.44. The van der Waals surface area contributed by atoms with Gasteiger partial charge in [0.05, 0.1) is 16.6 Å². The molecular weight excluding hydrogens is 405 g/mol. The minimum atomic E-state index is -1.10. The molecule has 2 aromatic rings. The molecule has 2 unspecified atom stereocenters. The van der Waals surface area contributed by atoms with Crippen LogP contribution in [0.2, 0.25) is 0 Å². The molecule has 168 valence electrons. The summed E-state index contributed by atoms with van der Waals surface area (Å²) in [4.78, 5) is 38.4. The first kappa shape index (κ1) is 21.2. The summed E-state index contributed by atoms with van der Waals surface area (Å²) in [5.74, 6) is 5.07. The number of benzene rings is 1. The lowest BCUT2D eigenvalue weighted by Gasteiger charge is -2.30. The van der Waals surface area contributed by atoms with Crippen molar-refractivity contribution in [1.82, 2.24) is 14.6 Å². The summed E-state index contributed by atoms with van der Waals surface area (Å²) in [5.41, 5.74) is -0.315. The highest BCUT2D eigenvalue weighted by molar-refractivity contribution is 5.87. The Balaban J connectivity index is 1.87. The van der Waals surface area contributed by atoms with E-state index >= 15 is 4.39 Å². The zero-order valence-electron chi connectivity index (χ0n) is 18.1. The van der Waals surface area contributed by atoms with Crippen LogP contribution in [0.4, 0.5) is 14.9 Å². The van der Waals surface area contributed by atoms with Crippen molar-refractivity contribution in [3.63, 3.8) is 0 Å². The molecule has 1 aliphatic heterocycles. The van der Waals surface area contributed by atoms with Crippen molar-refractivity contribution in [1.29, 1.82) is 0 Å². The van der Waals surface area contributed by atoms with Gasteiger partial charge in [0.25, 0.3) is 5.56 Å². The third-order valence-corrected chi connectivity index (χ3v) is 6.77. The Hall–Kier alpha value is -3.04. The number of amides is 1. The van der Waals surface area contributed by atoms with Gasteiger partial charge in [-0.2, -0.15) is 4.68 Å². The molecule has 1 aliphatic carbocycles. The number of hydrogen-bond donors (Lipinski definition) is 3. The molecule has 0 radical (unpaired) electrons. The molecule has 1 saturated carbocycles. The summed E-state index contributed by atoms with van der Waals surface area (Å²) in [6.45, 7) is 8.53. The molecule has 1 saturated heterocycles. The Kier molecular flexibility index (Phi) is 4.79. The van der Waals surface area contributed by atoms with E-state index in [1.807, 2.05) is 25.7 Å². The van der Waals surface area contributed by atoms with E-state index in [1.165, 1.54) is 10.6 Å². The first-order chi connectivity index (χ1) is 14.4. The summed E-state index contributed by atoms with van der Waals surface area (Å²) in [6, 6.07) is 0.793. The number of nitrogens with two attached hydrogens (primary N) is 1. The van der Waals surface area contributed by atoms with Crippen LogP contribution in [-0.2, 0) is 0 Å². The number of anilines is 1. The number of nitrogens with zero attached hydrogens (tertiary/aromatic N) is 3. The van der Waals surface area contributed by atoms with Crippen molar-refractivity contribution in [3.05, 3.63) is 38.3 Å². The maximum absolute atomic E-state index is 15.4. The molecule has 0 spiro atoms. The molecule has 2 atom stereocenters. The number of nitrogen functional groups attached to an aromatic ring is 1. The number of fused-ring (bicyclic) bond motifs is 1. The third-order valence-electron chi connectivity index (χ3n) is 6.77. The molecule has 4 rings (SSSR count). The van der Waals surface area contributed by atoms with Gasteiger partial charge in [0.1, 0.15) is 5.82 Å². The van der Waals surface area contributed by atoms with Crippen LogP contribution < -0.4 is 27.3 Å². The van der Waals surface area contributed by atoms with Gasteiger partial charge in [-0.15, -0.1) is 0 Å². The number of halogens is 1. The highest BCUT2D eigenvalue weighted by atomic mass is 19.1. The van der Waals surface area contributed by atoms with Crippen molar-refractivity contribution in [3.8, 4) is 0 Å². The van der Waals surface area contributed by atoms with Gasteiger partial charge in [-0.05, 0) is 38.2 Å². The number of rotatable bonds is 4. The quantitative estimate of drug-likeness (QED) is 0.632. The zero-order chi connectivity index (χ0) is 22.8. The van der Waals surface area contributed by atoms with E-state index in [0.29, 0.717) is 34.5 Å². The van der Waals surface area contributed by atoms with Gasteiger partial charge in [0.15, 0.2) is 0 Å². The molecule has 2 heterocycles. The Morgan fingerprint density at radius 1 is 1.35 bits per heavy atom. The van der Waals surface area contributed by atoms with Gasteiger partial charge in [0, 0.05) is 36.7 Å². The van der Waals surface area contributed by atoms with Crippen LogP contribution in [0.15, 0.2) is 15.7 Å². The predicted octanol–water partition coefficient (Wildman–Crippen LogP) is 1.78. The van der Waals surface area contributed by atoms with Crippen molar-refractivity contribution >= 4 is 22.7 Å². The maximum atomic E-state index is 15.4. The second kappa shape index (κ2) is 7.00. The van der Waals surface area contributed by atoms with E-state index < -0.39 is 23.2 Å². The summed E-state index contributed by atoms with van der Waals surface area (Å²) < 4.78 is 17.4. The molecule has 1 aromatic heterocycles. The maximum Gasteiger partial charge on any atom is 0.404 e. The second-order valence-corrected chi connectivity index (χ2v) is 9.50. The lowest BCUT2D eigenvalue weighted by molar-refractivity contribution is 0.174. The Morgan fingerprint density at radius 2 is 2.00 bits per heavy atom. The largest absolute Gasteiger partial charge is 0.465 e. The first-order valence-corrected chi connectivity index (χ1v) is 10.4. The number of carboxylic acid groups (broad SMARTS) is 1. The number of nitrogens with one attached hydrogen (secondary N) is 1.